The molecule has 0 saturated heterocycles. The number of nitriles is 1. The van der Waals surface area contributed by atoms with Crippen LogP contribution in [0.2, 0.25) is 0 Å². The Labute approximate surface area is 105 Å². The van der Waals surface area contributed by atoms with Crippen molar-refractivity contribution in [3.63, 3.8) is 0 Å². The molecule has 0 bridgehead atoms. The minimum Gasteiger partial charge on any atom is -0.469 e. The number of benzene rings is 1. The van der Waals surface area contributed by atoms with Crippen molar-refractivity contribution in [1.82, 2.24) is 0 Å². The molecule has 94 valence electrons. The second-order valence-corrected chi connectivity index (χ2v) is 3.75. The maximum absolute atomic E-state index is 11.4. The van der Waals surface area contributed by atoms with Crippen LogP contribution in [0.5, 0.6) is 0 Å². The second-order valence-electron chi connectivity index (χ2n) is 3.75. The third-order valence-corrected chi connectivity index (χ3v) is 2.41. The predicted molar refractivity (Wildman–Crippen MR) is 62.4 cm³/mol. The summed E-state index contributed by atoms with van der Waals surface area (Å²) in [6.45, 7) is 0. The average Bonchev–Trinajstić information content (AvgIpc) is 2.38. The molecule has 1 aromatic carbocycles. The van der Waals surface area contributed by atoms with Crippen molar-refractivity contribution in [3.8, 4) is 6.07 Å². The van der Waals surface area contributed by atoms with Crippen molar-refractivity contribution in [2.45, 2.75) is 18.9 Å². The number of ketones is 1. The molecular formula is C13H13NO4. The van der Waals surface area contributed by atoms with E-state index in [4.69, 9.17) is 5.26 Å². The van der Waals surface area contributed by atoms with E-state index >= 15 is 0 Å². The van der Waals surface area contributed by atoms with Crippen molar-refractivity contribution in [1.29, 1.82) is 5.26 Å². The monoisotopic (exact) mass is 247 g/mol. The molecule has 1 atom stereocenters. The average molecular weight is 247 g/mol. The lowest BCUT2D eigenvalue weighted by molar-refractivity contribution is -0.143. The van der Waals surface area contributed by atoms with Crippen LogP contribution >= 0.6 is 0 Å². The van der Waals surface area contributed by atoms with Crippen LogP contribution < -0.4 is 0 Å². The summed E-state index contributed by atoms with van der Waals surface area (Å²) in [6.07, 6.45) is -1.47. The Morgan fingerprint density at radius 2 is 2.00 bits per heavy atom. The number of Topliss-reactive ketones (excluding diaryl/α,β-unsaturated/α-hetero) is 1. The summed E-state index contributed by atoms with van der Waals surface area (Å²) in [5, 5.41) is 18.4. The zero-order valence-electron chi connectivity index (χ0n) is 9.92. The lowest BCUT2D eigenvalue weighted by Crippen LogP contribution is -2.12. The van der Waals surface area contributed by atoms with Gasteiger partial charge < -0.3 is 9.84 Å². The highest BCUT2D eigenvalue weighted by molar-refractivity contribution is 5.95. The SMILES string of the molecule is COC(=O)CC(=O)CC(O)c1ccc(C#N)cc1. The Bertz CT molecular complexity index is 473. The molecule has 0 fully saturated rings. The second kappa shape index (κ2) is 6.52. The fourth-order valence-corrected chi connectivity index (χ4v) is 1.42. The molecule has 0 radical (unpaired) electrons. The number of carbonyl (C=O) groups excluding carboxylic acids is 2. The smallest absolute Gasteiger partial charge is 0.313 e. The number of carbonyl (C=O) groups is 2. The number of methoxy groups -OCH3 is 1. The predicted octanol–water partition coefficient (Wildman–Crippen LogP) is 1.11. The molecule has 0 spiro atoms. The van der Waals surface area contributed by atoms with Gasteiger partial charge in [-0.05, 0) is 17.7 Å². The highest BCUT2D eigenvalue weighted by Gasteiger charge is 2.16. The lowest BCUT2D eigenvalue weighted by atomic mass is 10.0. The number of aliphatic hydroxyl groups is 1. The quantitative estimate of drug-likeness (QED) is 0.622. The first-order chi connectivity index (χ1) is 8.56. The number of rotatable bonds is 5. The van der Waals surface area contributed by atoms with Gasteiger partial charge in [0, 0.05) is 6.42 Å². The first kappa shape index (κ1) is 13.9. The summed E-state index contributed by atoms with van der Waals surface area (Å²) >= 11 is 0. The Morgan fingerprint density at radius 1 is 1.39 bits per heavy atom. The van der Waals surface area contributed by atoms with Crippen LogP contribution in [-0.2, 0) is 14.3 Å². The molecule has 1 N–H and O–H groups in total. The van der Waals surface area contributed by atoms with Gasteiger partial charge in [0.15, 0.2) is 0 Å². The molecule has 5 nitrogen and oxygen atoms in total. The van der Waals surface area contributed by atoms with E-state index in [1.54, 1.807) is 24.3 Å². The molecular weight excluding hydrogens is 234 g/mol. The van der Waals surface area contributed by atoms with E-state index in [1.165, 1.54) is 7.11 Å². The fraction of sp³-hybridized carbons (Fsp3) is 0.308. The molecule has 0 saturated carbocycles. The molecule has 5 heteroatoms. The zero-order valence-corrected chi connectivity index (χ0v) is 9.92. The number of nitrogens with zero attached hydrogens (tertiary/aromatic N) is 1. The normalized spacial score (nSPS) is 11.4. The van der Waals surface area contributed by atoms with Crippen LogP contribution in [0.25, 0.3) is 0 Å². The molecule has 18 heavy (non-hydrogen) atoms. The van der Waals surface area contributed by atoms with E-state index in [-0.39, 0.29) is 12.8 Å². The van der Waals surface area contributed by atoms with Crippen molar-refractivity contribution in [3.05, 3.63) is 35.4 Å². The van der Waals surface area contributed by atoms with Gasteiger partial charge in [-0.15, -0.1) is 0 Å². The Balaban J connectivity index is 2.59. The van der Waals surface area contributed by atoms with Gasteiger partial charge in [-0.1, -0.05) is 12.1 Å². The third-order valence-electron chi connectivity index (χ3n) is 2.41. The molecule has 0 amide bonds. The number of hydrogen-bond donors (Lipinski definition) is 1. The molecule has 1 aromatic rings. The molecule has 0 heterocycles. The van der Waals surface area contributed by atoms with Gasteiger partial charge in [-0.2, -0.15) is 5.26 Å². The maximum Gasteiger partial charge on any atom is 0.313 e. The van der Waals surface area contributed by atoms with E-state index in [9.17, 15) is 14.7 Å². The molecule has 1 rings (SSSR count). The van der Waals surface area contributed by atoms with Gasteiger partial charge in [0.25, 0.3) is 0 Å². The molecule has 1 unspecified atom stereocenters. The highest BCUT2D eigenvalue weighted by atomic mass is 16.5. The summed E-state index contributed by atoms with van der Waals surface area (Å²) in [6, 6.07) is 8.23. The topological polar surface area (TPSA) is 87.4 Å². The van der Waals surface area contributed by atoms with Crippen LogP contribution in [0, 0.1) is 11.3 Å². The number of aliphatic hydroxyl groups excluding tert-OH is 1. The molecule has 0 aromatic heterocycles. The first-order valence-corrected chi connectivity index (χ1v) is 5.33. The summed E-state index contributed by atoms with van der Waals surface area (Å²) < 4.78 is 4.36. The summed E-state index contributed by atoms with van der Waals surface area (Å²) in [5.41, 5.74) is 1.01. The van der Waals surface area contributed by atoms with Crippen LogP contribution in [0.3, 0.4) is 0 Å². The molecule has 0 aliphatic rings. The van der Waals surface area contributed by atoms with Crippen LogP contribution in [0.4, 0.5) is 0 Å². The number of hydrogen-bond acceptors (Lipinski definition) is 5. The summed E-state index contributed by atoms with van der Waals surface area (Å²) in [7, 11) is 1.20. The molecule has 0 aliphatic carbocycles. The van der Waals surface area contributed by atoms with Crippen LogP contribution in [0.1, 0.15) is 30.1 Å². The number of esters is 1. The van der Waals surface area contributed by atoms with E-state index in [2.05, 4.69) is 4.74 Å². The van der Waals surface area contributed by atoms with Crippen LogP contribution in [-0.4, -0.2) is 24.0 Å². The summed E-state index contributed by atoms with van der Waals surface area (Å²) in [4.78, 5) is 22.3. The van der Waals surface area contributed by atoms with Crippen molar-refractivity contribution >= 4 is 11.8 Å². The van der Waals surface area contributed by atoms with Gasteiger partial charge in [-0.25, -0.2) is 0 Å². The zero-order chi connectivity index (χ0) is 13.5. The molecule has 0 aliphatic heterocycles. The first-order valence-electron chi connectivity index (χ1n) is 5.33. The largest absolute Gasteiger partial charge is 0.469 e. The van der Waals surface area contributed by atoms with Crippen molar-refractivity contribution in [2.24, 2.45) is 0 Å². The van der Waals surface area contributed by atoms with Gasteiger partial charge in [-0.3, -0.25) is 9.59 Å². The Hall–Kier alpha value is -2.19. The van der Waals surface area contributed by atoms with E-state index in [0.29, 0.717) is 11.1 Å². The Morgan fingerprint density at radius 3 is 2.50 bits per heavy atom. The third kappa shape index (κ3) is 4.00. The van der Waals surface area contributed by atoms with Crippen LogP contribution in [0.15, 0.2) is 24.3 Å². The highest BCUT2D eigenvalue weighted by Crippen LogP contribution is 2.18. The van der Waals surface area contributed by atoms with Gasteiger partial charge in [0.05, 0.1) is 24.8 Å². The minimum atomic E-state index is -0.977. The van der Waals surface area contributed by atoms with Crippen molar-refractivity contribution < 1.29 is 19.4 Å². The fourth-order valence-electron chi connectivity index (χ4n) is 1.42. The lowest BCUT2D eigenvalue weighted by Gasteiger charge is -2.09. The van der Waals surface area contributed by atoms with Gasteiger partial charge in [0.1, 0.15) is 12.2 Å². The maximum atomic E-state index is 11.4. The van der Waals surface area contributed by atoms with Gasteiger partial charge >= 0.3 is 5.97 Å². The van der Waals surface area contributed by atoms with E-state index in [0.717, 1.165) is 0 Å². The van der Waals surface area contributed by atoms with E-state index < -0.39 is 17.9 Å². The number of ether oxygens (including phenoxy) is 1. The Kier molecular flexibility index (Phi) is 5.03. The van der Waals surface area contributed by atoms with Crippen molar-refractivity contribution in [2.75, 3.05) is 7.11 Å². The van der Waals surface area contributed by atoms with E-state index in [1.807, 2.05) is 6.07 Å². The summed E-state index contributed by atoms with van der Waals surface area (Å²) in [5.74, 6) is -1.01. The minimum absolute atomic E-state index is 0.152. The van der Waals surface area contributed by atoms with Gasteiger partial charge in [0.2, 0.25) is 0 Å². The standard InChI is InChI=1S/C13H13NO4/c1-18-13(17)7-11(15)6-12(16)10-4-2-9(8-14)3-5-10/h2-5,12,16H,6-7H2,1H3.